The van der Waals surface area contributed by atoms with Gasteiger partial charge in [0.1, 0.15) is 5.75 Å². The van der Waals surface area contributed by atoms with Crippen LogP contribution in [0.1, 0.15) is 55.6 Å². The van der Waals surface area contributed by atoms with E-state index in [1.807, 2.05) is 35.2 Å². The van der Waals surface area contributed by atoms with Crippen molar-refractivity contribution in [2.24, 2.45) is 5.41 Å². The van der Waals surface area contributed by atoms with Crippen molar-refractivity contribution in [3.05, 3.63) is 59.4 Å². The molecule has 2 bridgehead atoms. The van der Waals surface area contributed by atoms with Crippen LogP contribution in [0.25, 0.3) is 11.0 Å². The van der Waals surface area contributed by atoms with Gasteiger partial charge < -0.3 is 19.4 Å². The number of imidazole rings is 1. The van der Waals surface area contributed by atoms with Crippen LogP contribution < -0.4 is 4.74 Å². The van der Waals surface area contributed by atoms with Gasteiger partial charge in [-0.2, -0.15) is 0 Å². The third-order valence-corrected chi connectivity index (χ3v) is 7.96. The molecule has 3 aromatic rings. The van der Waals surface area contributed by atoms with E-state index in [1.165, 1.54) is 5.56 Å². The molecule has 2 aromatic carbocycles. The van der Waals surface area contributed by atoms with Crippen LogP contribution in [0.3, 0.4) is 0 Å². The Bertz CT molecular complexity index is 1250. The minimum atomic E-state index is -0.703. The third kappa shape index (κ3) is 3.29. The molecule has 5 rings (SSSR count). The van der Waals surface area contributed by atoms with Gasteiger partial charge in [-0.3, -0.25) is 4.79 Å². The number of nitrogens with zero attached hydrogens (tertiary/aromatic N) is 2. The van der Waals surface area contributed by atoms with E-state index in [0.717, 1.165) is 23.0 Å². The molecule has 33 heavy (non-hydrogen) atoms. The molecule has 1 aliphatic carbocycles. The number of likely N-dealkylation sites (tertiary alicyclic amines) is 1. The first-order valence-electron chi connectivity index (χ1n) is 11.5. The van der Waals surface area contributed by atoms with Crippen LogP contribution in [-0.4, -0.2) is 46.1 Å². The summed E-state index contributed by atoms with van der Waals surface area (Å²) in [5, 5.41) is 0. The monoisotopic (exact) mass is 447 g/mol. The summed E-state index contributed by atoms with van der Waals surface area (Å²) in [7, 11) is 0. The molecular weight excluding hydrogens is 418 g/mol. The maximum absolute atomic E-state index is 13.7. The highest BCUT2D eigenvalue weighted by Gasteiger charge is 2.56. The van der Waals surface area contributed by atoms with Gasteiger partial charge in [0.15, 0.2) is 0 Å². The Morgan fingerprint density at radius 1 is 1.18 bits per heavy atom. The molecule has 2 aliphatic rings. The fourth-order valence-electron chi connectivity index (χ4n) is 5.69. The number of fused-ring (bicyclic) bond motifs is 5. The Balaban J connectivity index is 1.49. The zero-order chi connectivity index (χ0) is 23.4. The molecule has 2 heterocycles. The summed E-state index contributed by atoms with van der Waals surface area (Å²) in [4.78, 5) is 34.9. The van der Waals surface area contributed by atoms with Gasteiger partial charge in [0.25, 0.3) is 5.91 Å². The first-order chi connectivity index (χ1) is 15.7. The van der Waals surface area contributed by atoms with Crippen molar-refractivity contribution >= 4 is 23.1 Å². The summed E-state index contributed by atoms with van der Waals surface area (Å²) in [6, 6.07) is 11.5. The van der Waals surface area contributed by atoms with E-state index < -0.39 is 6.16 Å². The Morgan fingerprint density at radius 2 is 2.00 bits per heavy atom. The molecule has 1 saturated heterocycles. The van der Waals surface area contributed by atoms with Crippen molar-refractivity contribution < 1.29 is 19.1 Å². The Kier molecular flexibility index (Phi) is 4.96. The highest BCUT2D eigenvalue weighted by molar-refractivity contribution is 5.97. The van der Waals surface area contributed by atoms with Crippen LogP contribution in [0.5, 0.6) is 5.75 Å². The molecule has 1 N–H and O–H groups in total. The summed E-state index contributed by atoms with van der Waals surface area (Å²) in [6.07, 6.45) is 2.50. The highest BCUT2D eigenvalue weighted by Crippen LogP contribution is 2.56. The number of H-pyrrole nitrogens is 1. The maximum Gasteiger partial charge on any atom is 0.513 e. The number of hydrogen-bond acceptors (Lipinski definition) is 5. The lowest BCUT2D eigenvalue weighted by Crippen LogP contribution is -2.64. The van der Waals surface area contributed by atoms with Gasteiger partial charge >= 0.3 is 6.16 Å². The maximum atomic E-state index is 13.7. The Labute approximate surface area is 193 Å². The molecule has 0 radical (unpaired) electrons. The largest absolute Gasteiger partial charge is 0.513 e. The lowest BCUT2D eigenvalue weighted by atomic mass is 9.51. The van der Waals surface area contributed by atoms with Gasteiger partial charge in [-0.15, -0.1) is 0 Å². The molecule has 0 saturated carbocycles. The molecule has 1 fully saturated rings. The van der Waals surface area contributed by atoms with E-state index in [-0.39, 0.29) is 29.4 Å². The normalized spacial score (nSPS) is 23.2. The standard InChI is InChI=1S/C26H29N3O4/c1-5-32-24(31)33-18-7-8-19-17(12-18)14-22-25(2,3)26(19,4)10-11-29(22)23(30)16-6-9-20-21(13-16)28-15-27-20/h6-9,12-13,15,22H,5,10-11,14H2,1-4H3,(H,27,28). The number of rotatable bonds is 3. The zero-order valence-electron chi connectivity index (χ0n) is 19.5. The van der Waals surface area contributed by atoms with Crippen LogP contribution in [0.15, 0.2) is 42.7 Å². The number of aromatic nitrogens is 2. The van der Waals surface area contributed by atoms with Gasteiger partial charge in [0.2, 0.25) is 0 Å². The molecule has 172 valence electrons. The second-order valence-electron chi connectivity index (χ2n) is 9.76. The summed E-state index contributed by atoms with van der Waals surface area (Å²) in [5.74, 6) is 0.498. The van der Waals surface area contributed by atoms with Crippen LogP contribution >= 0.6 is 0 Å². The van der Waals surface area contributed by atoms with E-state index in [1.54, 1.807) is 13.3 Å². The number of benzene rings is 2. The van der Waals surface area contributed by atoms with Crippen molar-refractivity contribution in [3.63, 3.8) is 0 Å². The van der Waals surface area contributed by atoms with E-state index >= 15 is 0 Å². The minimum Gasteiger partial charge on any atom is -0.434 e. The minimum absolute atomic E-state index is 0.0176. The second kappa shape index (κ2) is 7.61. The van der Waals surface area contributed by atoms with Gasteiger partial charge in [-0.1, -0.05) is 26.8 Å². The quantitative estimate of drug-likeness (QED) is 0.458. The van der Waals surface area contributed by atoms with E-state index in [4.69, 9.17) is 9.47 Å². The van der Waals surface area contributed by atoms with Gasteiger partial charge in [0.05, 0.1) is 24.0 Å². The average Bonchev–Trinajstić information content (AvgIpc) is 3.24. The molecule has 2 atom stereocenters. The number of amides is 1. The number of aromatic amines is 1. The lowest BCUT2D eigenvalue weighted by molar-refractivity contribution is -0.0262. The topological polar surface area (TPSA) is 84.5 Å². The van der Waals surface area contributed by atoms with Crippen LogP contribution in [0.4, 0.5) is 4.79 Å². The molecule has 1 amide bonds. The fraction of sp³-hybridized carbons (Fsp3) is 0.423. The Morgan fingerprint density at radius 3 is 2.79 bits per heavy atom. The molecule has 1 aromatic heterocycles. The van der Waals surface area contributed by atoms with Gasteiger partial charge in [0, 0.05) is 23.6 Å². The summed E-state index contributed by atoms with van der Waals surface area (Å²) in [6.45, 7) is 9.52. The summed E-state index contributed by atoms with van der Waals surface area (Å²) < 4.78 is 10.3. The van der Waals surface area contributed by atoms with Crippen LogP contribution in [0.2, 0.25) is 0 Å². The second-order valence-corrected chi connectivity index (χ2v) is 9.76. The number of hydrogen-bond donors (Lipinski definition) is 1. The van der Waals surface area contributed by atoms with Crippen molar-refractivity contribution in [2.75, 3.05) is 13.2 Å². The van der Waals surface area contributed by atoms with Crippen LogP contribution in [0, 0.1) is 5.41 Å². The van der Waals surface area contributed by atoms with Gasteiger partial charge in [-0.25, -0.2) is 9.78 Å². The first-order valence-corrected chi connectivity index (χ1v) is 11.5. The van der Waals surface area contributed by atoms with Crippen molar-refractivity contribution in [1.82, 2.24) is 14.9 Å². The predicted molar refractivity (Wildman–Crippen MR) is 124 cm³/mol. The van der Waals surface area contributed by atoms with E-state index in [2.05, 4.69) is 36.8 Å². The highest BCUT2D eigenvalue weighted by atomic mass is 16.7. The molecule has 1 aliphatic heterocycles. The van der Waals surface area contributed by atoms with Crippen molar-refractivity contribution in [3.8, 4) is 5.75 Å². The molecule has 7 heteroatoms. The summed E-state index contributed by atoms with van der Waals surface area (Å²) >= 11 is 0. The third-order valence-electron chi connectivity index (χ3n) is 7.96. The predicted octanol–water partition coefficient (Wildman–Crippen LogP) is 4.85. The number of ether oxygens (including phenoxy) is 2. The average molecular weight is 448 g/mol. The van der Waals surface area contributed by atoms with Gasteiger partial charge in [-0.05, 0) is 66.6 Å². The Hall–Kier alpha value is -3.35. The number of carbonyl (C=O) groups excluding carboxylic acids is 2. The molecule has 7 nitrogen and oxygen atoms in total. The molecular formula is C26H29N3O4. The molecule has 2 unspecified atom stereocenters. The fourth-order valence-corrected chi connectivity index (χ4v) is 5.69. The SMILES string of the molecule is CCOC(=O)Oc1ccc2c(c1)CC1N(C(=O)c3ccc4[nH]cnc4c3)CCC2(C)C1(C)C. The van der Waals surface area contributed by atoms with Crippen LogP contribution in [-0.2, 0) is 16.6 Å². The lowest BCUT2D eigenvalue weighted by Gasteiger charge is -2.60. The van der Waals surface area contributed by atoms with E-state index in [0.29, 0.717) is 24.3 Å². The summed E-state index contributed by atoms with van der Waals surface area (Å²) in [5.41, 5.74) is 4.51. The molecule has 0 spiro atoms. The van der Waals surface area contributed by atoms with Crippen molar-refractivity contribution in [2.45, 2.75) is 52.0 Å². The number of carbonyl (C=O) groups is 2. The first kappa shape index (κ1) is 21.5. The smallest absolute Gasteiger partial charge is 0.434 e. The van der Waals surface area contributed by atoms with Crippen molar-refractivity contribution in [1.29, 1.82) is 0 Å². The number of nitrogens with one attached hydrogen (secondary N) is 1. The van der Waals surface area contributed by atoms with E-state index in [9.17, 15) is 9.59 Å². The zero-order valence-corrected chi connectivity index (χ0v) is 19.5. The number of piperidine rings is 1.